The quantitative estimate of drug-likeness (QED) is 0.595. The van der Waals surface area contributed by atoms with E-state index >= 15 is 0 Å². The molecule has 0 atom stereocenters. The first-order chi connectivity index (χ1) is 10.7. The van der Waals surface area contributed by atoms with Crippen LogP contribution in [-0.4, -0.2) is 22.1 Å². The minimum Gasteiger partial charge on any atom is -0.267 e. The lowest BCUT2D eigenvalue weighted by Crippen LogP contribution is -2.19. The average molecular weight is 290 g/mol. The summed E-state index contributed by atoms with van der Waals surface area (Å²) in [7, 11) is 0. The molecule has 0 fully saturated rings. The summed E-state index contributed by atoms with van der Waals surface area (Å²) in [5, 5.41) is 4.87. The molecule has 0 radical (unpaired) electrons. The van der Waals surface area contributed by atoms with E-state index in [9.17, 15) is 4.79 Å². The van der Waals surface area contributed by atoms with Crippen LogP contribution in [0.2, 0.25) is 0 Å². The molecule has 3 aromatic rings. The molecule has 1 N–H and O–H groups in total. The minimum absolute atomic E-state index is 0.282. The van der Waals surface area contributed by atoms with Gasteiger partial charge in [0.05, 0.1) is 23.0 Å². The van der Waals surface area contributed by atoms with E-state index in [1.165, 1.54) is 0 Å². The Labute approximate surface area is 127 Å². The molecular weight excluding hydrogens is 276 g/mol. The monoisotopic (exact) mass is 290 g/mol. The number of rotatable bonds is 3. The minimum atomic E-state index is -0.282. The van der Waals surface area contributed by atoms with Crippen molar-refractivity contribution in [1.29, 1.82) is 0 Å². The highest BCUT2D eigenvalue weighted by molar-refractivity contribution is 5.99. The topological polar surface area (TPSA) is 67.2 Å². The number of carbonyl (C=O) groups is 1. The van der Waals surface area contributed by atoms with Crippen LogP contribution >= 0.6 is 0 Å². The van der Waals surface area contributed by atoms with E-state index in [0.29, 0.717) is 11.3 Å². The molecule has 1 aromatic carbocycles. The van der Waals surface area contributed by atoms with Crippen molar-refractivity contribution in [1.82, 2.24) is 15.4 Å². The predicted octanol–water partition coefficient (Wildman–Crippen LogP) is 2.70. The van der Waals surface area contributed by atoms with Gasteiger partial charge in [0.2, 0.25) is 0 Å². The Morgan fingerprint density at radius 1 is 1.23 bits per heavy atom. The summed E-state index contributed by atoms with van der Waals surface area (Å²) in [6.45, 7) is 1.81. The Balaban J connectivity index is 1.80. The number of aromatic nitrogens is 2. The molecule has 5 heteroatoms. The molecular formula is C17H14N4O. The number of aryl methyl sites for hydroxylation is 1. The Hall–Kier alpha value is -3.08. The zero-order chi connectivity index (χ0) is 15.4. The number of carbonyl (C=O) groups excluding carboxylic acids is 1. The Kier molecular flexibility index (Phi) is 3.87. The first-order valence-corrected chi connectivity index (χ1v) is 6.84. The molecule has 2 aromatic heterocycles. The molecule has 0 saturated carbocycles. The number of benzene rings is 1. The van der Waals surface area contributed by atoms with Crippen molar-refractivity contribution in [2.45, 2.75) is 6.92 Å². The second-order valence-corrected chi connectivity index (χ2v) is 4.80. The van der Waals surface area contributed by atoms with Gasteiger partial charge >= 0.3 is 0 Å². The highest BCUT2D eigenvalue weighted by Gasteiger charge is 2.10. The molecule has 3 rings (SSSR count). The standard InChI is InChI=1S/C17H14N4O/c1-12-15(9-14-6-2-3-7-16(14)20-12)17(22)21-19-11-13-5-4-8-18-10-13/h2-11H,1H3,(H,21,22)/b19-11-. The van der Waals surface area contributed by atoms with Gasteiger partial charge in [-0.25, -0.2) is 5.43 Å². The van der Waals surface area contributed by atoms with Crippen molar-refractivity contribution in [2.75, 3.05) is 0 Å². The third-order valence-electron chi connectivity index (χ3n) is 3.22. The van der Waals surface area contributed by atoms with Crippen molar-refractivity contribution < 1.29 is 4.79 Å². The Bertz CT molecular complexity index is 844. The number of hydrazone groups is 1. The number of amides is 1. The van der Waals surface area contributed by atoms with Crippen LogP contribution in [0.15, 0.2) is 60.0 Å². The van der Waals surface area contributed by atoms with Crippen molar-refractivity contribution >= 4 is 23.0 Å². The number of nitrogens with zero attached hydrogens (tertiary/aromatic N) is 3. The summed E-state index contributed by atoms with van der Waals surface area (Å²) in [4.78, 5) is 20.6. The van der Waals surface area contributed by atoms with Crippen molar-refractivity contribution in [3.05, 3.63) is 71.7 Å². The van der Waals surface area contributed by atoms with Gasteiger partial charge in [-0.1, -0.05) is 24.3 Å². The van der Waals surface area contributed by atoms with E-state index in [2.05, 4.69) is 20.5 Å². The van der Waals surface area contributed by atoms with Crippen LogP contribution in [0.25, 0.3) is 10.9 Å². The molecule has 0 unspecified atom stereocenters. The van der Waals surface area contributed by atoms with Gasteiger partial charge in [-0.15, -0.1) is 0 Å². The SMILES string of the molecule is Cc1nc2ccccc2cc1C(=O)N/N=C\c1cccnc1. The third kappa shape index (κ3) is 2.98. The molecule has 108 valence electrons. The predicted molar refractivity (Wildman–Crippen MR) is 85.8 cm³/mol. The van der Waals surface area contributed by atoms with Gasteiger partial charge in [0.25, 0.3) is 5.91 Å². The van der Waals surface area contributed by atoms with Crippen LogP contribution in [0.1, 0.15) is 21.6 Å². The van der Waals surface area contributed by atoms with Crippen LogP contribution in [0.4, 0.5) is 0 Å². The second kappa shape index (κ2) is 6.13. The van der Waals surface area contributed by atoms with E-state index in [1.54, 1.807) is 24.7 Å². The van der Waals surface area contributed by atoms with Crippen LogP contribution in [-0.2, 0) is 0 Å². The van der Waals surface area contributed by atoms with E-state index < -0.39 is 0 Å². The maximum atomic E-state index is 12.2. The molecule has 1 amide bonds. The van der Waals surface area contributed by atoms with Crippen LogP contribution in [0, 0.1) is 6.92 Å². The van der Waals surface area contributed by atoms with Gasteiger partial charge in [-0.05, 0) is 25.1 Å². The molecule has 0 bridgehead atoms. The fourth-order valence-corrected chi connectivity index (χ4v) is 2.12. The first-order valence-electron chi connectivity index (χ1n) is 6.84. The molecule has 22 heavy (non-hydrogen) atoms. The molecule has 0 aliphatic carbocycles. The second-order valence-electron chi connectivity index (χ2n) is 4.80. The summed E-state index contributed by atoms with van der Waals surface area (Å²) in [5.74, 6) is -0.282. The number of hydrogen-bond acceptors (Lipinski definition) is 4. The fraction of sp³-hybridized carbons (Fsp3) is 0.0588. The van der Waals surface area contributed by atoms with Gasteiger partial charge in [0.15, 0.2) is 0 Å². The molecule has 5 nitrogen and oxygen atoms in total. The number of pyridine rings is 2. The van der Waals surface area contributed by atoms with Crippen LogP contribution in [0.3, 0.4) is 0 Å². The van der Waals surface area contributed by atoms with Crippen molar-refractivity contribution in [3.63, 3.8) is 0 Å². The first kappa shape index (κ1) is 13.9. The highest BCUT2D eigenvalue weighted by atomic mass is 16.2. The lowest BCUT2D eigenvalue weighted by molar-refractivity contribution is 0.0954. The summed E-state index contributed by atoms with van der Waals surface area (Å²) < 4.78 is 0. The smallest absolute Gasteiger partial charge is 0.267 e. The van der Waals surface area contributed by atoms with E-state index in [4.69, 9.17) is 0 Å². The third-order valence-corrected chi connectivity index (χ3v) is 3.22. The largest absolute Gasteiger partial charge is 0.273 e. The number of fused-ring (bicyclic) bond motifs is 1. The Morgan fingerprint density at radius 2 is 2.09 bits per heavy atom. The summed E-state index contributed by atoms with van der Waals surface area (Å²) in [6, 6.07) is 13.2. The fourth-order valence-electron chi connectivity index (χ4n) is 2.12. The van der Waals surface area contributed by atoms with Gasteiger partial charge in [-0.2, -0.15) is 5.10 Å². The van der Waals surface area contributed by atoms with Crippen molar-refractivity contribution in [3.8, 4) is 0 Å². The molecule has 0 saturated heterocycles. The molecule has 0 aliphatic heterocycles. The molecule has 2 heterocycles. The zero-order valence-corrected chi connectivity index (χ0v) is 12.0. The highest BCUT2D eigenvalue weighted by Crippen LogP contribution is 2.16. The molecule has 0 spiro atoms. The summed E-state index contributed by atoms with van der Waals surface area (Å²) in [5.41, 5.74) is 5.39. The number of nitrogens with one attached hydrogen (secondary N) is 1. The van der Waals surface area contributed by atoms with Crippen LogP contribution < -0.4 is 5.43 Å². The van der Waals surface area contributed by atoms with Gasteiger partial charge in [0.1, 0.15) is 0 Å². The maximum Gasteiger partial charge on any atom is 0.273 e. The zero-order valence-electron chi connectivity index (χ0n) is 12.0. The van der Waals surface area contributed by atoms with E-state index in [-0.39, 0.29) is 5.91 Å². The normalized spacial score (nSPS) is 11.0. The van der Waals surface area contributed by atoms with Crippen molar-refractivity contribution in [2.24, 2.45) is 5.10 Å². The lowest BCUT2D eigenvalue weighted by atomic mass is 10.1. The average Bonchev–Trinajstić information content (AvgIpc) is 2.55. The van der Waals surface area contributed by atoms with Gasteiger partial charge in [-0.3, -0.25) is 14.8 Å². The van der Waals surface area contributed by atoms with Gasteiger partial charge in [0, 0.05) is 23.3 Å². The Morgan fingerprint density at radius 3 is 2.91 bits per heavy atom. The lowest BCUT2D eigenvalue weighted by Gasteiger charge is -2.05. The maximum absolute atomic E-state index is 12.2. The van der Waals surface area contributed by atoms with E-state index in [1.807, 2.05) is 43.3 Å². The number of hydrogen-bond donors (Lipinski definition) is 1. The van der Waals surface area contributed by atoms with Gasteiger partial charge < -0.3 is 0 Å². The number of para-hydroxylation sites is 1. The molecule has 0 aliphatic rings. The summed E-state index contributed by atoms with van der Waals surface area (Å²) in [6.07, 6.45) is 4.90. The summed E-state index contributed by atoms with van der Waals surface area (Å²) >= 11 is 0. The van der Waals surface area contributed by atoms with E-state index in [0.717, 1.165) is 16.5 Å². The van der Waals surface area contributed by atoms with Crippen LogP contribution in [0.5, 0.6) is 0 Å².